The van der Waals surface area contributed by atoms with Gasteiger partial charge in [-0.05, 0) is 56.3 Å². The van der Waals surface area contributed by atoms with E-state index < -0.39 is 5.97 Å². The molecule has 1 aromatic carbocycles. The number of likely N-dealkylation sites (tertiary alicyclic amines) is 1. The summed E-state index contributed by atoms with van der Waals surface area (Å²) in [5.74, 6) is -0.346. The Labute approximate surface area is 163 Å². The molecule has 7 heteroatoms. The highest BCUT2D eigenvalue weighted by Crippen LogP contribution is 2.49. The number of halogens is 2. The Bertz CT molecular complexity index is 697. The average molecular weight is 399 g/mol. The van der Waals surface area contributed by atoms with Crippen LogP contribution in [-0.4, -0.2) is 59.5 Å². The molecule has 0 spiro atoms. The van der Waals surface area contributed by atoms with Crippen molar-refractivity contribution in [2.24, 2.45) is 5.92 Å². The fourth-order valence-corrected chi connectivity index (χ4v) is 4.20. The van der Waals surface area contributed by atoms with Crippen LogP contribution in [0.4, 0.5) is 0 Å². The van der Waals surface area contributed by atoms with Gasteiger partial charge in [0.25, 0.3) is 0 Å². The van der Waals surface area contributed by atoms with Gasteiger partial charge in [-0.2, -0.15) is 0 Å². The summed E-state index contributed by atoms with van der Waals surface area (Å²) >= 11 is 12.1. The van der Waals surface area contributed by atoms with Crippen molar-refractivity contribution in [1.82, 2.24) is 9.80 Å². The number of hydrogen-bond donors (Lipinski definition) is 1. The van der Waals surface area contributed by atoms with E-state index in [2.05, 4.69) is 0 Å². The molecule has 1 N–H and O–H groups in total. The van der Waals surface area contributed by atoms with Gasteiger partial charge in [-0.15, -0.1) is 0 Å². The SMILES string of the molecule is CN(CC(=O)O)C1CCCN(C(=O)C2CC2c2ccc(Cl)c(Cl)c2)CC1. The van der Waals surface area contributed by atoms with Gasteiger partial charge >= 0.3 is 5.97 Å². The fourth-order valence-electron chi connectivity index (χ4n) is 3.90. The van der Waals surface area contributed by atoms with E-state index >= 15 is 0 Å². The number of nitrogens with zero attached hydrogens (tertiary/aromatic N) is 2. The van der Waals surface area contributed by atoms with Crippen LogP contribution < -0.4 is 0 Å². The predicted molar refractivity (Wildman–Crippen MR) is 102 cm³/mol. The number of carboxylic acid groups (broad SMARTS) is 1. The lowest BCUT2D eigenvalue weighted by atomic mass is 10.1. The summed E-state index contributed by atoms with van der Waals surface area (Å²) in [5.41, 5.74) is 1.08. The molecule has 0 bridgehead atoms. The molecular formula is C19H24Cl2N2O3. The first-order valence-corrected chi connectivity index (χ1v) is 9.78. The number of rotatable bonds is 5. The van der Waals surface area contributed by atoms with Crippen LogP contribution >= 0.6 is 23.2 Å². The highest BCUT2D eigenvalue weighted by molar-refractivity contribution is 6.42. The summed E-state index contributed by atoms with van der Waals surface area (Å²) in [5, 5.41) is 10.0. The van der Waals surface area contributed by atoms with Crippen molar-refractivity contribution in [3.05, 3.63) is 33.8 Å². The number of carbonyl (C=O) groups excluding carboxylic acids is 1. The molecule has 3 rings (SSSR count). The molecule has 1 saturated carbocycles. The third-order valence-corrected chi connectivity index (χ3v) is 6.24. The number of benzene rings is 1. The van der Waals surface area contributed by atoms with Crippen molar-refractivity contribution < 1.29 is 14.7 Å². The topological polar surface area (TPSA) is 60.9 Å². The maximum absolute atomic E-state index is 12.9. The van der Waals surface area contributed by atoms with Gasteiger partial charge in [-0.3, -0.25) is 14.5 Å². The van der Waals surface area contributed by atoms with Crippen molar-refractivity contribution >= 4 is 35.1 Å². The number of aliphatic carboxylic acids is 1. The zero-order valence-electron chi connectivity index (χ0n) is 14.8. The Balaban J connectivity index is 1.56. The molecule has 1 aliphatic carbocycles. The largest absolute Gasteiger partial charge is 0.480 e. The molecule has 2 aliphatic rings. The first-order valence-electron chi connectivity index (χ1n) is 9.02. The van der Waals surface area contributed by atoms with E-state index in [-0.39, 0.29) is 30.3 Å². The highest BCUT2D eigenvalue weighted by atomic mass is 35.5. The minimum atomic E-state index is -0.813. The molecule has 1 saturated heterocycles. The summed E-state index contributed by atoms with van der Waals surface area (Å²) in [6.45, 7) is 1.49. The maximum atomic E-state index is 12.9. The Morgan fingerprint density at radius 1 is 1.23 bits per heavy atom. The summed E-state index contributed by atoms with van der Waals surface area (Å²) in [6.07, 6.45) is 3.51. The average Bonchev–Trinajstić information content (AvgIpc) is 3.39. The second-order valence-electron chi connectivity index (χ2n) is 7.34. The van der Waals surface area contributed by atoms with Crippen LogP contribution in [0.2, 0.25) is 10.0 Å². The van der Waals surface area contributed by atoms with Crippen LogP contribution in [0, 0.1) is 5.92 Å². The van der Waals surface area contributed by atoms with Crippen LogP contribution in [-0.2, 0) is 9.59 Å². The van der Waals surface area contributed by atoms with E-state index in [1.165, 1.54) is 0 Å². The normalized spacial score (nSPS) is 25.8. The Morgan fingerprint density at radius 3 is 2.69 bits per heavy atom. The van der Waals surface area contributed by atoms with E-state index in [1.54, 1.807) is 6.07 Å². The van der Waals surface area contributed by atoms with Crippen molar-refractivity contribution in [3.8, 4) is 0 Å². The molecule has 0 radical (unpaired) electrons. The van der Waals surface area contributed by atoms with Gasteiger partial charge in [0.15, 0.2) is 0 Å². The van der Waals surface area contributed by atoms with E-state index in [0.29, 0.717) is 16.6 Å². The van der Waals surface area contributed by atoms with Crippen LogP contribution in [0.3, 0.4) is 0 Å². The van der Waals surface area contributed by atoms with Crippen molar-refractivity contribution in [2.45, 2.75) is 37.6 Å². The molecule has 3 atom stereocenters. The molecule has 3 unspecified atom stereocenters. The summed E-state index contributed by atoms with van der Waals surface area (Å²) < 4.78 is 0. The maximum Gasteiger partial charge on any atom is 0.317 e. The highest BCUT2D eigenvalue weighted by Gasteiger charge is 2.46. The molecule has 5 nitrogen and oxygen atoms in total. The van der Waals surface area contributed by atoms with Crippen LogP contribution in [0.15, 0.2) is 18.2 Å². The van der Waals surface area contributed by atoms with E-state index in [4.69, 9.17) is 28.3 Å². The molecule has 0 aromatic heterocycles. The molecular weight excluding hydrogens is 375 g/mol. The van der Waals surface area contributed by atoms with Crippen LogP contribution in [0.1, 0.15) is 37.2 Å². The first kappa shape index (κ1) is 19.5. The smallest absolute Gasteiger partial charge is 0.317 e. The van der Waals surface area contributed by atoms with Gasteiger partial charge in [0.1, 0.15) is 0 Å². The summed E-state index contributed by atoms with van der Waals surface area (Å²) in [4.78, 5) is 27.6. The second kappa shape index (κ2) is 8.15. The Kier molecular flexibility index (Phi) is 6.10. The quantitative estimate of drug-likeness (QED) is 0.824. The predicted octanol–water partition coefficient (Wildman–Crippen LogP) is 3.49. The van der Waals surface area contributed by atoms with Gasteiger partial charge in [-0.1, -0.05) is 29.3 Å². The van der Waals surface area contributed by atoms with E-state index in [1.807, 2.05) is 29.0 Å². The number of carbonyl (C=O) groups is 2. The van der Waals surface area contributed by atoms with Gasteiger partial charge < -0.3 is 10.0 Å². The van der Waals surface area contributed by atoms with Crippen molar-refractivity contribution in [1.29, 1.82) is 0 Å². The van der Waals surface area contributed by atoms with Crippen molar-refractivity contribution in [2.75, 3.05) is 26.7 Å². The van der Waals surface area contributed by atoms with Crippen molar-refractivity contribution in [3.63, 3.8) is 0 Å². The number of hydrogen-bond acceptors (Lipinski definition) is 3. The first-order chi connectivity index (χ1) is 12.4. The summed E-state index contributed by atoms with van der Waals surface area (Å²) in [6, 6.07) is 5.81. The minimum absolute atomic E-state index is 0.0283. The standard InChI is InChI=1S/C19H24Cl2N2O3/c1-22(11-18(24)25)13-3-2-7-23(8-6-13)19(26)15-10-14(15)12-4-5-16(20)17(21)9-12/h4-5,9,13-15H,2-3,6-8,10-11H2,1H3,(H,24,25). The third kappa shape index (κ3) is 4.51. The Hall–Kier alpha value is -1.30. The Morgan fingerprint density at radius 2 is 2.00 bits per heavy atom. The van der Waals surface area contributed by atoms with E-state index in [9.17, 15) is 9.59 Å². The number of amides is 1. The zero-order chi connectivity index (χ0) is 18.8. The molecule has 2 fully saturated rings. The third-order valence-electron chi connectivity index (χ3n) is 5.50. The number of likely N-dealkylation sites (N-methyl/N-ethyl adjacent to an activating group) is 1. The lowest BCUT2D eigenvalue weighted by Crippen LogP contribution is -2.37. The monoisotopic (exact) mass is 398 g/mol. The molecule has 26 heavy (non-hydrogen) atoms. The molecule has 1 heterocycles. The fraction of sp³-hybridized carbons (Fsp3) is 0.579. The lowest BCUT2D eigenvalue weighted by molar-refractivity contribution is -0.138. The van der Waals surface area contributed by atoms with Gasteiger partial charge in [-0.25, -0.2) is 0 Å². The molecule has 1 aliphatic heterocycles. The molecule has 1 amide bonds. The lowest BCUT2D eigenvalue weighted by Gasteiger charge is -2.25. The second-order valence-corrected chi connectivity index (χ2v) is 8.16. The minimum Gasteiger partial charge on any atom is -0.480 e. The van der Waals surface area contributed by atoms with Gasteiger partial charge in [0, 0.05) is 25.0 Å². The van der Waals surface area contributed by atoms with Gasteiger partial charge in [0.05, 0.1) is 16.6 Å². The molecule has 1 aromatic rings. The zero-order valence-corrected chi connectivity index (χ0v) is 16.3. The van der Waals surface area contributed by atoms with Crippen LogP contribution in [0.5, 0.6) is 0 Å². The van der Waals surface area contributed by atoms with Crippen LogP contribution in [0.25, 0.3) is 0 Å². The number of carboxylic acids is 1. The summed E-state index contributed by atoms with van der Waals surface area (Å²) in [7, 11) is 1.84. The van der Waals surface area contributed by atoms with E-state index in [0.717, 1.165) is 37.8 Å². The van der Waals surface area contributed by atoms with Gasteiger partial charge in [0.2, 0.25) is 5.91 Å². The molecule has 142 valence electrons.